The Labute approximate surface area is 121 Å². The van der Waals surface area contributed by atoms with E-state index in [1.54, 1.807) is 6.20 Å². The lowest BCUT2D eigenvalue weighted by Gasteiger charge is -2.27. The van der Waals surface area contributed by atoms with Crippen molar-refractivity contribution in [2.45, 2.75) is 0 Å². The van der Waals surface area contributed by atoms with Gasteiger partial charge in [-0.1, -0.05) is 6.07 Å². The molecule has 5 nitrogen and oxygen atoms in total. The van der Waals surface area contributed by atoms with Gasteiger partial charge in [0.05, 0.1) is 13.2 Å². The zero-order valence-corrected chi connectivity index (χ0v) is 11.7. The Morgan fingerprint density at radius 2 is 2.20 bits per heavy atom. The number of aromatic nitrogens is 1. The van der Waals surface area contributed by atoms with Crippen LogP contribution in [0.15, 0.2) is 35.8 Å². The highest BCUT2D eigenvalue weighted by Gasteiger charge is 2.18. The highest BCUT2D eigenvalue weighted by molar-refractivity contribution is 7.13. The first-order valence-corrected chi connectivity index (χ1v) is 7.34. The van der Waals surface area contributed by atoms with Crippen LogP contribution in [-0.2, 0) is 4.74 Å². The van der Waals surface area contributed by atoms with Crippen molar-refractivity contribution < 1.29 is 9.53 Å². The average Bonchev–Trinajstić information content (AvgIpc) is 3.01. The lowest BCUT2D eigenvalue weighted by molar-refractivity contribution is 0.0303. The van der Waals surface area contributed by atoms with Crippen LogP contribution in [0.2, 0.25) is 0 Å². The molecule has 0 radical (unpaired) electrons. The minimum Gasteiger partial charge on any atom is -0.378 e. The molecule has 0 aliphatic carbocycles. The molecular weight excluding hydrogens is 274 g/mol. The predicted octanol–water partition coefficient (Wildman–Crippen LogP) is 2.36. The van der Waals surface area contributed by atoms with E-state index in [1.807, 2.05) is 34.5 Å². The zero-order chi connectivity index (χ0) is 13.8. The molecule has 0 unspecified atom stereocenters. The molecule has 2 heterocycles. The summed E-state index contributed by atoms with van der Waals surface area (Å²) < 4.78 is 5.27. The number of ether oxygens (including phenoxy) is 1. The molecule has 1 aliphatic heterocycles. The van der Waals surface area contributed by atoms with Gasteiger partial charge < -0.3 is 15.0 Å². The number of rotatable bonds is 3. The van der Waals surface area contributed by atoms with Crippen LogP contribution in [-0.4, -0.2) is 42.1 Å². The lowest BCUT2D eigenvalue weighted by Crippen LogP contribution is -2.40. The third kappa shape index (κ3) is 2.97. The van der Waals surface area contributed by atoms with E-state index in [4.69, 9.17) is 4.74 Å². The van der Waals surface area contributed by atoms with Gasteiger partial charge in [0.1, 0.15) is 0 Å². The van der Waals surface area contributed by atoms with Crippen molar-refractivity contribution in [3.8, 4) is 0 Å². The molecular formula is C14H15N3O2S. The lowest BCUT2D eigenvalue weighted by atomic mass is 10.1. The molecule has 1 aromatic carbocycles. The van der Waals surface area contributed by atoms with Crippen LogP contribution >= 0.6 is 11.3 Å². The maximum Gasteiger partial charge on any atom is 0.254 e. The molecule has 3 rings (SSSR count). The van der Waals surface area contributed by atoms with E-state index >= 15 is 0 Å². The van der Waals surface area contributed by atoms with Crippen LogP contribution < -0.4 is 5.32 Å². The van der Waals surface area contributed by atoms with E-state index < -0.39 is 0 Å². The van der Waals surface area contributed by atoms with E-state index in [1.165, 1.54) is 11.3 Å². The summed E-state index contributed by atoms with van der Waals surface area (Å²) in [5.41, 5.74) is 1.56. The van der Waals surface area contributed by atoms with Crippen molar-refractivity contribution in [3.63, 3.8) is 0 Å². The third-order valence-corrected chi connectivity index (χ3v) is 3.78. The summed E-state index contributed by atoms with van der Waals surface area (Å²) in [6.45, 7) is 2.54. The third-order valence-electron chi connectivity index (χ3n) is 3.09. The number of carbonyl (C=O) groups is 1. The molecule has 1 amide bonds. The Morgan fingerprint density at radius 3 is 2.95 bits per heavy atom. The normalized spacial score (nSPS) is 15.1. The Morgan fingerprint density at radius 1 is 1.35 bits per heavy atom. The quantitative estimate of drug-likeness (QED) is 0.942. The van der Waals surface area contributed by atoms with E-state index in [0.717, 1.165) is 10.8 Å². The van der Waals surface area contributed by atoms with E-state index in [2.05, 4.69) is 10.3 Å². The average molecular weight is 289 g/mol. The maximum atomic E-state index is 12.4. The molecule has 6 heteroatoms. The van der Waals surface area contributed by atoms with Gasteiger partial charge >= 0.3 is 0 Å². The van der Waals surface area contributed by atoms with Gasteiger partial charge in [-0.05, 0) is 18.2 Å². The number of thiazole rings is 1. The number of morpholine rings is 1. The van der Waals surface area contributed by atoms with E-state index in [0.29, 0.717) is 31.9 Å². The molecule has 2 aromatic rings. The van der Waals surface area contributed by atoms with Crippen molar-refractivity contribution in [2.75, 3.05) is 31.6 Å². The number of carbonyl (C=O) groups excluding carboxylic acids is 1. The van der Waals surface area contributed by atoms with Gasteiger partial charge in [0, 0.05) is 35.9 Å². The summed E-state index contributed by atoms with van der Waals surface area (Å²) in [4.78, 5) is 18.4. The Bertz CT molecular complexity index is 580. The molecule has 1 aliphatic rings. The van der Waals surface area contributed by atoms with Crippen LogP contribution in [0.5, 0.6) is 0 Å². The van der Waals surface area contributed by atoms with Gasteiger partial charge in [-0.2, -0.15) is 0 Å². The number of benzene rings is 1. The number of anilines is 2. The first kappa shape index (κ1) is 13.1. The summed E-state index contributed by atoms with van der Waals surface area (Å²) in [7, 11) is 0. The number of hydrogen-bond donors (Lipinski definition) is 1. The van der Waals surface area contributed by atoms with Crippen molar-refractivity contribution >= 4 is 28.1 Å². The summed E-state index contributed by atoms with van der Waals surface area (Å²) in [6.07, 6.45) is 1.75. The topological polar surface area (TPSA) is 54.5 Å². The van der Waals surface area contributed by atoms with Gasteiger partial charge in [0.25, 0.3) is 5.91 Å². The summed E-state index contributed by atoms with van der Waals surface area (Å²) in [5.74, 6) is 0.0519. The number of nitrogens with one attached hydrogen (secondary N) is 1. The van der Waals surface area contributed by atoms with E-state index in [-0.39, 0.29) is 5.91 Å². The van der Waals surface area contributed by atoms with Gasteiger partial charge in [-0.25, -0.2) is 4.98 Å². The molecule has 0 atom stereocenters. The molecule has 1 saturated heterocycles. The van der Waals surface area contributed by atoms with Crippen molar-refractivity contribution in [1.29, 1.82) is 0 Å². The molecule has 0 saturated carbocycles. The zero-order valence-electron chi connectivity index (χ0n) is 10.9. The largest absolute Gasteiger partial charge is 0.378 e. The number of nitrogens with zero attached hydrogens (tertiary/aromatic N) is 2. The summed E-state index contributed by atoms with van der Waals surface area (Å²) in [6, 6.07) is 7.51. The predicted molar refractivity (Wildman–Crippen MR) is 78.6 cm³/mol. The Hall–Kier alpha value is -1.92. The highest BCUT2D eigenvalue weighted by Crippen LogP contribution is 2.20. The van der Waals surface area contributed by atoms with Gasteiger partial charge in [-0.15, -0.1) is 11.3 Å². The fourth-order valence-electron chi connectivity index (χ4n) is 2.09. The number of amides is 1. The van der Waals surface area contributed by atoms with Crippen molar-refractivity contribution in [1.82, 2.24) is 9.88 Å². The van der Waals surface area contributed by atoms with Crippen molar-refractivity contribution in [3.05, 3.63) is 41.4 Å². The van der Waals surface area contributed by atoms with Crippen LogP contribution in [0.3, 0.4) is 0 Å². The first-order chi connectivity index (χ1) is 9.83. The molecule has 20 heavy (non-hydrogen) atoms. The summed E-state index contributed by atoms with van der Waals surface area (Å²) in [5, 5.41) is 5.92. The molecule has 0 bridgehead atoms. The molecule has 1 aromatic heterocycles. The van der Waals surface area contributed by atoms with Gasteiger partial charge in [0.2, 0.25) is 0 Å². The minimum atomic E-state index is 0.0519. The second kappa shape index (κ2) is 6.02. The van der Waals surface area contributed by atoms with Crippen LogP contribution in [0.25, 0.3) is 0 Å². The standard InChI is InChI=1S/C14H15N3O2S/c18-13(17-5-7-19-8-6-17)11-2-1-3-12(10-11)16-14-15-4-9-20-14/h1-4,9-10H,5-8H2,(H,15,16). The molecule has 1 N–H and O–H groups in total. The molecule has 104 valence electrons. The van der Waals surface area contributed by atoms with Crippen LogP contribution in [0, 0.1) is 0 Å². The van der Waals surface area contributed by atoms with Crippen LogP contribution in [0.4, 0.5) is 10.8 Å². The highest BCUT2D eigenvalue weighted by atomic mass is 32.1. The minimum absolute atomic E-state index is 0.0519. The maximum absolute atomic E-state index is 12.4. The fourth-order valence-corrected chi connectivity index (χ4v) is 2.64. The summed E-state index contributed by atoms with van der Waals surface area (Å²) >= 11 is 1.53. The second-order valence-corrected chi connectivity index (χ2v) is 5.34. The first-order valence-electron chi connectivity index (χ1n) is 6.46. The van der Waals surface area contributed by atoms with Crippen LogP contribution in [0.1, 0.15) is 10.4 Å². The monoisotopic (exact) mass is 289 g/mol. The Balaban J connectivity index is 1.74. The van der Waals surface area contributed by atoms with E-state index in [9.17, 15) is 4.79 Å². The molecule has 0 spiro atoms. The van der Waals surface area contributed by atoms with Crippen molar-refractivity contribution in [2.24, 2.45) is 0 Å². The van der Waals surface area contributed by atoms with Gasteiger partial charge in [-0.3, -0.25) is 4.79 Å². The SMILES string of the molecule is O=C(c1cccc(Nc2nccs2)c1)N1CCOCC1. The number of hydrogen-bond acceptors (Lipinski definition) is 5. The van der Waals surface area contributed by atoms with Gasteiger partial charge in [0.15, 0.2) is 5.13 Å². The Kier molecular flexibility index (Phi) is 3.94. The fraction of sp³-hybridized carbons (Fsp3) is 0.286. The molecule has 1 fully saturated rings. The smallest absolute Gasteiger partial charge is 0.254 e. The second-order valence-electron chi connectivity index (χ2n) is 4.45.